The molecule has 0 aromatic heterocycles. The van der Waals surface area contributed by atoms with Crippen LogP contribution in [0.1, 0.15) is 27.2 Å². The molecule has 4 heteroatoms. The summed E-state index contributed by atoms with van der Waals surface area (Å²) in [6.45, 7) is 9.93. The first kappa shape index (κ1) is 13.7. The van der Waals surface area contributed by atoms with Crippen LogP contribution in [-0.4, -0.2) is 37.0 Å². The first-order valence-corrected chi connectivity index (χ1v) is 4.97. The Labute approximate surface area is 92.6 Å². The fraction of sp³-hybridized carbons (Fsp3) is 0.900. The second-order valence-corrected chi connectivity index (χ2v) is 4.87. The van der Waals surface area contributed by atoms with E-state index in [1.807, 2.05) is 4.90 Å². The van der Waals surface area contributed by atoms with Crippen molar-refractivity contribution >= 4 is 18.3 Å². The first-order chi connectivity index (χ1) is 5.99. The van der Waals surface area contributed by atoms with Crippen LogP contribution in [0, 0.1) is 5.41 Å². The molecule has 0 atom stereocenters. The monoisotopic (exact) mass is 220 g/mol. The van der Waals surface area contributed by atoms with Gasteiger partial charge in [0.1, 0.15) is 0 Å². The number of carbonyl (C=O) groups is 1. The molecular formula is C10H21ClN2O. The Balaban J connectivity index is 0.00000169. The lowest BCUT2D eigenvalue weighted by molar-refractivity contribution is -0.133. The van der Waals surface area contributed by atoms with E-state index in [0.717, 1.165) is 26.2 Å². The molecule has 1 aliphatic heterocycles. The van der Waals surface area contributed by atoms with Crippen LogP contribution >= 0.6 is 12.4 Å². The predicted octanol–water partition coefficient (Wildman–Crippen LogP) is 1.28. The number of piperazine rings is 1. The van der Waals surface area contributed by atoms with E-state index in [2.05, 4.69) is 26.1 Å². The lowest BCUT2D eigenvalue weighted by Crippen LogP contribution is -2.47. The molecule has 3 nitrogen and oxygen atoms in total. The Morgan fingerprint density at radius 1 is 1.29 bits per heavy atom. The van der Waals surface area contributed by atoms with Gasteiger partial charge in [0.2, 0.25) is 5.91 Å². The van der Waals surface area contributed by atoms with Crippen molar-refractivity contribution in [2.75, 3.05) is 26.2 Å². The SMILES string of the molecule is CC(C)(C)CC(=O)N1CCNCC1.Cl. The summed E-state index contributed by atoms with van der Waals surface area (Å²) < 4.78 is 0. The van der Waals surface area contributed by atoms with Crippen molar-refractivity contribution in [1.29, 1.82) is 0 Å². The maximum absolute atomic E-state index is 11.7. The van der Waals surface area contributed by atoms with E-state index in [9.17, 15) is 4.79 Å². The fourth-order valence-electron chi connectivity index (χ4n) is 1.48. The maximum Gasteiger partial charge on any atom is 0.223 e. The van der Waals surface area contributed by atoms with E-state index < -0.39 is 0 Å². The van der Waals surface area contributed by atoms with Crippen LogP contribution in [-0.2, 0) is 4.79 Å². The van der Waals surface area contributed by atoms with Crippen molar-refractivity contribution in [3.05, 3.63) is 0 Å². The molecule has 14 heavy (non-hydrogen) atoms. The van der Waals surface area contributed by atoms with E-state index in [1.54, 1.807) is 0 Å². The van der Waals surface area contributed by atoms with Crippen LogP contribution in [0.3, 0.4) is 0 Å². The highest BCUT2D eigenvalue weighted by atomic mass is 35.5. The molecule has 0 saturated carbocycles. The van der Waals surface area contributed by atoms with Gasteiger partial charge in [-0.3, -0.25) is 4.79 Å². The molecule has 1 heterocycles. The van der Waals surface area contributed by atoms with Crippen molar-refractivity contribution in [3.63, 3.8) is 0 Å². The topological polar surface area (TPSA) is 32.3 Å². The van der Waals surface area contributed by atoms with Gasteiger partial charge < -0.3 is 10.2 Å². The molecule has 0 bridgehead atoms. The Morgan fingerprint density at radius 3 is 2.21 bits per heavy atom. The number of hydrogen-bond acceptors (Lipinski definition) is 2. The van der Waals surface area contributed by atoms with Gasteiger partial charge in [-0.25, -0.2) is 0 Å². The molecule has 0 radical (unpaired) electrons. The summed E-state index contributed by atoms with van der Waals surface area (Å²) in [6.07, 6.45) is 0.660. The van der Waals surface area contributed by atoms with E-state index in [1.165, 1.54) is 0 Å². The molecule has 1 aliphatic rings. The van der Waals surface area contributed by atoms with Crippen LogP contribution in [0.5, 0.6) is 0 Å². The second kappa shape index (κ2) is 5.56. The summed E-state index contributed by atoms with van der Waals surface area (Å²) >= 11 is 0. The standard InChI is InChI=1S/C10H20N2O.ClH/c1-10(2,3)8-9(13)12-6-4-11-5-7-12;/h11H,4-8H2,1-3H3;1H. The number of nitrogens with one attached hydrogen (secondary N) is 1. The largest absolute Gasteiger partial charge is 0.340 e. The van der Waals surface area contributed by atoms with Gasteiger partial charge in [0.25, 0.3) is 0 Å². The molecule has 0 aromatic rings. The van der Waals surface area contributed by atoms with E-state index >= 15 is 0 Å². The lowest BCUT2D eigenvalue weighted by atomic mass is 9.91. The minimum absolute atomic E-state index is 0. The highest BCUT2D eigenvalue weighted by molar-refractivity contribution is 5.85. The van der Waals surface area contributed by atoms with Crippen LogP contribution in [0.15, 0.2) is 0 Å². The van der Waals surface area contributed by atoms with Gasteiger partial charge in [-0.05, 0) is 5.41 Å². The van der Waals surface area contributed by atoms with Gasteiger partial charge in [0.15, 0.2) is 0 Å². The van der Waals surface area contributed by atoms with E-state index in [-0.39, 0.29) is 17.8 Å². The quantitative estimate of drug-likeness (QED) is 0.722. The molecule has 0 aliphatic carbocycles. The van der Waals surface area contributed by atoms with Crippen molar-refractivity contribution in [1.82, 2.24) is 10.2 Å². The number of amides is 1. The van der Waals surface area contributed by atoms with Crippen molar-refractivity contribution < 1.29 is 4.79 Å². The normalized spacial score (nSPS) is 17.5. The Kier molecular flexibility index (Phi) is 5.45. The number of carbonyl (C=O) groups excluding carboxylic acids is 1. The zero-order valence-corrected chi connectivity index (χ0v) is 10.1. The average Bonchev–Trinajstić information content (AvgIpc) is 2.03. The second-order valence-electron chi connectivity index (χ2n) is 4.87. The van der Waals surface area contributed by atoms with E-state index in [4.69, 9.17) is 0 Å². The summed E-state index contributed by atoms with van der Waals surface area (Å²) in [5.74, 6) is 0.300. The first-order valence-electron chi connectivity index (χ1n) is 4.97. The molecule has 1 fully saturated rings. The van der Waals surface area contributed by atoms with Gasteiger partial charge in [-0.1, -0.05) is 20.8 Å². The van der Waals surface area contributed by atoms with Crippen LogP contribution in [0.2, 0.25) is 0 Å². The summed E-state index contributed by atoms with van der Waals surface area (Å²) in [4.78, 5) is 13.7. The van der Waals surface area contributed by atoms with Gasteiger partial charge in [0.05, 0.1) is 0 Å². The third-order valence-corrected chi connectivity index (χ3v) is 2.15. The molecule has 1 rings (SSSR count). The molecule has 0 aromatic carbocycles. The van der Waals surface area contributed by atoms with Crippen LogP contribution in [0.25, 0.3) is 0 Å². The van der Waals surface area contributed by atoms with Gasteiger partial charge in [-0.2, -0.15) is 0 Å². The maximum atomic E-state index is 11.7. The summed E-state index contributed by atoms with van der Waals surface area (Å²) in [5, 5.41) is 3.24. The van der Waals surface area contributed by atoms with Gasteiger partial charge in [0, 0.05) is 32.6 Å². The molecular weight excluding hydrogens is 200 g/mol. The van der Waals surface area contributed by atoms with Gasteiger partial charge >= 0.3 is 0 Å². The lowest BCUT2D eigenvalue weighted by Gasteiger charge is -2.30. The number of halogens is 1. The number of rotatable bonds is 1. The molecule has 1 saturated heterocycles. The van der Waals surface area contributed by atoms with Gasteiger partial charge in [-0.15, -0.1) is 12.4 Å². The highest BCUT2D eigenvalue weighted by Gasteiger charge is 2.21. The van der Waals surface area contributed by atoms with Crippen LogP contribution < -0.4 is 5.32 Å². The van der Waals surface area contributed by atoms with Crippen molar-refractivity contribution in [2.24, 2.45) is 5.41 Å². The molecule has 0 unspecified atom stereocenters. The zero-order chi connectivity index (χ0) is 9.90. The predicted molar refractivity (Wildman–Crippen MR) is 60.8 cm³/mol. The Morgan fingerprint density at radius 2 is 1.79 bits per heavy atom. The molecule has 1 N–H and O–H groups in total. The number of hydrogen-bond donors (Lipinski definition) is 1. The summed E-state index contributed by atoms with van der Waals surface area (Å²) in [5.41, 5.74) is 0.113. The molecule has 84 valence electrons. The zero-order valence-electron chi connectivity index (χ0n) is 9.30. The van der Waals surface area contributed by atoms with Crippen molar-refractivity contribution in [3.8, 4) is 0 Å². The fourth-order valence-corrected chi connectivity index (χ4v) is 1.48. The smallest absolute Gasteiger partial charge is 0.223 e. The van der Waals surface area contributed by atoms with Crippen molar-refractivity contribution in [2.45, 2.75) is 27.2 Å². The highest BCUT2D eigenvalue weighted by Crippen LogP contribution is 2.19. The summed E-state index contributed by atoms with van der Waals surface area (Å²) in [6, 6.07) is 0. The Hall–Kier alpha value is -0.280. The number of nitrogens with zero attached hydrogens (tertiary/aromatic N) is 1. The Bertz CT molecular complexity index is 183. The minimum Gasteiger partial charge on any atom is -0.340 e. The molecule has 0 spiro atoms. The minimum atomic E-state index is 0. The summed E-state index contributed by atoms with van der Waals surface area (Å²) in [7, 11) is 0. The third-order valence-electron chi connectivity index (χ3n) is 2.15. The third kappa shape index (κ3) is 4.82. The molecule has 1 amide bonds. The van der Waals surface area contributed by atoms with Crippen LogP contribution in [0.4, 0.5) is 0 Å². The average molecular weight is 221 g/mol. The van der Waals surface area contributed by atoms with E-state index in [0.29, 0.717) is 12.3 Å².